The van der Waals surface area contributed by atoms with Crippen molar-refractivity contribution in [1.82, 2.24) is 9.57 Å². The van der Waals surface area contributed by atoms with Gasteiger partial charge in [0.05, 0.1) is 25.2 Å². The van der Waals surface area contributed by atoms with Crippen LogP contribution in [-0.4, -0.2) is 66.0 Å². The Morgan fingerprint density at radius 2 is 1.78 bits per heavy atom. The summed E-state index contributed by atoms with van der Waals surface area (Å²) in [5, 5.41) is 8.78. The van der Waals surface area contributed by atoms with Gasteiger partial charge in [-0.25, -0.2) is 4.67 Å². The Morgan fingerprint density at radius 1 is 1.17 bits per heavy atom. The summed E-state index contributed by atoms with van der Waals surface area (Å²) in [6, 6.07) is 3.22. The van der Waals surface area contributed by atoms with Crippen molar-refractivity contribution in [3.8, 4) is 6.07 Å². The van der Waals surface area contributed by atoms with E-state index in [9.17, 15) is 0 Å². The number of nitriles is 1. The molecular weight excluding hydrogens is 349 g/mol. The van der Waals surface area contributed by atoms with Crippen LogP contribution in [0.25, 0.3) is 0 Å². The highest BCUT2D eigenvalue weighted by atomic mass is 33.1. The van der Waals surface area contributed by atoms with Gasteiger partial charge in [0.25, 0.3) is 8.53 Å². The fourth-order valence-electron chi connectivity index (χ4n) is 2.44. The fourth-order valence-corrected chi connectivity index (χ4v) is 6.96. The maximum absolute atomic E-state index is 8.78. The summed E-state index contributed by atoms with van der Waals surface area (Å²) in [7, 11) is 6.85. The molecule has 0 radical (unpaired) electrons. The molecule has 0 saturated carbocycles. The van der Waals surface area contributed by atoms with Crippen molar-refractivity contribution < 1.29 is 9.05 Å². The molecule has 1 fully saturated rings. The number of likely N-dealkylation sites (N-methyl/N-ethyl adjacent to an activating group) is 1. The highest BCUT2D eigenvalue weighted by molar-refractivity contribution is 8.76. The predicted molar refractivity (Wildman–Crippen MR) is 102 cm³/mol. The van der Waals surface area contributed by atoms with Crippen LogP contribution < -0.4 is 0 Å². The van der Waals surface area contributed by atoms with E-state index in [1.165, 1.54) is 0 Å². The van der Waals surface area contributed by atoms with E-state index in [0.717, 1.165) is 11.5 Å². The minimum Gasteiger partial charge on any atom is -0.321 e. The minimum atomic E-state index is -1.16. The number of nitrogens with zero attached hydrogens (tertiary/aromatic N) is 3. The van der Waals surface area contributed by atoms with E-state index in [1.807, 2.05) is 21.6 Å². The van der Waals surface area contributed by atoms with Gasteiger partial charge >= 0.3 is 0 Å². The summed E-state index contributed by atoms with van der Waals surface area (Å²) >= 11 is 0. The first-order chi connectivity index (χ1) is 10.9. The Labute approximate surface area is 150 Å². The van der Waals surface area contributed by atoms with Gasteiger partial charge < -0.3 is 13.9 Å². The van der Waals surface area contributed by atoms with Gasteiger partial charge in [-0.2, -0.15) is 5.26 Å². The van der Waals surface area contributed by atoms with Crippen molar-refractivity contribution in [2.24, 2.45) is 0 Å². The smallest absolute Gasteiger partial charge is 0.259 e. The van der Waals surface area contributed by atoms with Gasteiger partial charge in [-0.05, 0) is 41.8 Å². The average molecular weight is 380 g/mol. The van der Waals surface area contributed by atoms with Gasteiger partial charge in [0, 0.05) is 29.6 Å². The molecule has 1 heterocycles. The monoisotopic (exact) mass is 379 g/mol. The third-order valence-electron chi connectivity index (χ3n) is 3.53. The van der Waals surface area contributed by atoms with Gasteiger partial charge in [-0.1, -0.05) is 21.6 Å². The third kappa shape index (κ3) is 7.07. The lowest BCUT2D eigenvalue weighted by atomic mass is 10.2. The number of rotatable bonds is 9. The van der Waals surface area contributed by atoms with Crippen LogP contribution in [0.15, 0.2) is 0 Å². The molecule has 5 nitrogen and oxygen atoms in total. The molecule has 0 spiro atoms. The topological polar surface area (TPSA) is 48.7 Å². The zero-order valence-electron chi connectivity index (χ0n) is 15.1. The molecular formula is C15H30N3O2PS2. The molecule has 1 saturated heterocycles. The van der Waals surface area contributed by atoms with Crippen molar-refractivity contribution in [3.05, 3.63) is 0 Å². The Kier molecular flexibility index (Phi) is 10.4. The minimum absolute atomic E-state index is 0.157. The summed E-state index contributed by atoms with van der Waals surface area (Å²) in [6.07, 6.45) is 0.558. The van der Waals surface area contributed by atoms with Crippen molar-refractivity contribution in [1.29, 1.82) is 5.26 Å². The van der Waals surface area contributed by atoms with Crippen LogP contribution in [0.4, 0.5) is 0 Å². The number of hydrogen-bond acceptors (Lipinski definition) is 7. The molecule has 134 valence electrons. The summed E-state index contributed by atoms with van der Waals surface area (Å²) in [4.78, 5) is 2.25. The van der Waals surface area contributed by atoms with Crippen LogP contribution in [-0.2, 0) is 9.05 Å². The number of hydrogen-bond donors (Lipinski definition) is 0. The zero-order valence-corrected chi connectivity index (χ0v) is 17.6. The molecule has 0 amide bonds. The molecule has 0 bridgehead atoms. The highest BCUT2D eigenvalue weighted by Gasteiger charge is 2.35. The third-order valence-corrected chi connectivity index (χ3v) is 8.12. The first-order valence-corrected chi connectivity index (χ1v) is 11.7. The molecule has 1 aliphatic rings. The van der Waals surface area contributed by atoms with Gasteiger partial charge in [0.1, 0.15) is 0 Å². The van der Waals surface area contributed by atoms with Crippen molar-refractivity contribution in [2.45, 2.75) is 58.3 Å². The van der Waals surface area contributed by atoms with E-state index < -0.39 is 8.53 Å². The quantitative estimate of drug-likeness (QED) is 0.341. The molecule has 8 heteroatoms. The maximum atomic E-state index is 8.78. The van der Waals surface area contributed by atoms with Crippen LogP contribution in [0.2, 0.25) is 0 Å². The van der Waals surface area contributed by atoms with Crippen molar-refractivity contribution >= 4 is 30.1 Å². The largest absolute Gasteiger partial charge is 0.321 e. The summed E-state index contributed by atoms with van der Waals surface area (Å²) in [5.41, 5.74) is 0. The molecule has 0 aliphatic carbocycles. The van der Waals surface area contributed by atoms with Gasteiger partial charge in [0.2, 0.25) is 0 Å². The molecule has 0 aromatic carbocycles. The molecule has 0 N–H and O–H groups in total. The van der Waals surface area contributed by atoms with Gasteiger partial charge in [-0.15, -0.1) is 0 Å². The van der Waals surface area contributed by atoms with Crippen LogP contribution >= 0.6 is 30.1 Å². The summed E-state index contributed by atoms with van der Waals surface area (Å²) in [6.45, 7) is 9.10. The van der Waals surface area contributed by atoms with Gasteiger partial charge in [-0.3, -0.25) is 0 Å². The van der Waals surface area contributed by atoms with E-state index in [1.54, 1.807) is 0 Å². The second kappa shape index (κ2) is 11.1. The second-order valence-corrected chi connectivity index (χ2v) is 10.2. The molecule has 1 rings (SSSR count). The fraction of sp³-hybridized carbons (Fsp3) is 0.933. The van der Waals surface area contributed by atoms with Crippen molar-refractivity contribution in [2.75, 3.05) is 32.2 Å². The lowest BCUT2D eigenvalue weighted by molar-refractivity contribution is 0.0936. The average Bonchev–Trinajstić information content (AvgIpc) is 2.47. The summed E-state index contributed by atoms with van der Waals surface area (Å²) in [5.74, 6) is 2.03. The van der Waals surface area contributed by atoms with E-state index in [4.69, 9.17) is 14.3 Å². The molecule has 23 heavy (non-hydrogen) atoms. The van der Waals surface area contributed by atoms with E-state index in [-0.39, 0.29) is 6.10 Å². The molecule has 0 aromatic heterocycles. The lowest BCUT2D eigenvalue weighted by Gasteiger charge is -2.41. The predicted octanol–water partition coefficient (Wildman–Crippen LogP) is 3.97. The summed E-state index contributed by atoms with van der Waals surface area (Å²) < 4.78 is 14.8. The molecule has 1 unspecified atom stereocenters. The van der Waals surface area contributed by atoms with E-state index in [2.05, 4.69) is 57.4 Å². The van der Waals surface area contributed by atoms with Crippen LogP contribution in [0.1, 0.15) is 34.1 Å². The van der Waals surface area contributed by atoms with Crippen LogP contribution in [0.3, 0.4) is 0 Å². The second-order valence-electron chi connectivity index (χ2n) is 6.29. The zero-order chi connectivity index (χ0) is 17.4. The maximum Gasteiger partial charge on any atom is 0.259 e. The van der Waals surface area contributed by atoms with Crippen molar-refractivity contribution in [3.63, 3.8) is 0 Å². The normalized spacial score (nSPS) is 23.7. The van der Waals surface area contributed by atoms with E-state index >= 15 is 0 Å². The first kappa shape index (κ1) is 21.5. The molecule has 0 aromatic rings. The highest BCUT2D eigenvalue weighted by Crippen LogP contribution is 2.49. The Morgan fingerprint density at radius 3 is 2.30 bits per heavy atom. The van der Waals surface area contributed by atoms with Crippen LogP contribution in [0, 0.1) is 11.3 Å². The lowest BCUT2D eigenvalue weighted by Crippen LogP contribution is -2.46. The van der Waals surface area contributed by atoms with Crippen LogP contribution in [0.5, 0.6) is 0 Å². The molecule has 3 atom stereocenters. The Hall–Kier alpha value is 0.460. The Bertz CT molecular complexity index is 372. The Balaban J connectivity index is 2.83. The molecule has 1 aliphatic heterocycles. The SMILES string of the molecule is CC(C)N(C(C)C)P(OCCC#N)O[C@H]1CSSC[C@H]1N(C)C. The van der Waals surface area contributed by atoms with Gasteiger partial charge in [0.15, 0.2) is 0 Å². The standard InChI is InChI=1S/C15H30N3O2PS2/c1-12(2)18(13(3)4)21(19-9-7-8-16)20-15-11-23-22-10-14(15)17(5)6/h12-15H,7,9-11H2,1-6H3/t14-,15+,21?/m1/s1. The van der Waals surface area contributed by atoms with E-state index in [0.29, 0.717) is 31.2 Å². The first-order valence-electron chi connectivity index (χ1n) is 8.04.